The number of imidazole rings is 1. The first kappa shape index (κ1) is 16.3. The Morgan fingerprint density at radius 1 is 1.52 bits per heavy atom. The van der Waals surface area contributed by atoms with Crippen molar-refractivity contribution >= 4 is 19.7 Å². The first-order chi connectivity index (χ1) is 10.9. The third-order valence-electron chi connectivity index (χ3n) is 3.39. The van der Waals surface area contributed by atoms with Gasteiger partial charge in [0.15, 0.2) is 17.4 Å². The lowest BCUT2D eigenvalue weighted by Gasteiger charge is -2.16. The summed E-state index contributed by atoms with van der Waals surface area (Å²) in [7, 11) is -2.15. The minimum Gasteiger partial charge on any atom is -0.387 e. The van der Waals surface area contributed by atoms with E-state index in [0.717, 1.165) is 10.9 Å². The summed E-state index contributed by atoms with van der Waals surface area (Å²) in [5, 5.41) is 20.0. The van der Waals surface area contributed by atoms with Crippen molar-refractivity contribution in [3.05, 3.63) is 22.8 Å². The van der Waals surface area contributed by atoms with Crippen LogP contribution in [0.2, 0.25) is 0 Å². The number of aromatic nitrogens is 4. The SMILES string of the molecule is NP(O)OC[C@H]1O[C@@H](n2cnc3c(=O)[nH]c(F)nc32)[C@H](O)[C@@H]1O. The summed E-state index contributed by atoms with van der Waals surface area (Å²) in [6.07, 6.45) is -4.89. The van der Waals surface area contributed by atoms with Gasteiger partial charge in [-0.25, -0.2) is 4.98 Å². The smallest absolute Gasteiger partial charge is 0.291 e. The standard InChI is InChI=1S/C10H13FN5O6P/c11-10-14-7-4(8(19)15-10)13-2-16(7)9-6(18)5(17)3(22-9)1-21-23(12)20/h2-3,5-6,9,17-18,20H,1,12H2,(H,14,15,19)/t3-,5-,6-,9-,23?/m1/s1. The van der Waals surface area contributed by atoms with Crippen molar-refractivity contribution in [1.29, 1.82) is 0 Å². The molecule has 1 unspecified atom stereocenters. The zero-order valence-electron chi connectivity index (χ0n) is 11.4. The highest BCUT2D eigenvalue weighted by Crippen LogP contribution is 2.32. The van der Waals surface area contributed by atoms with E-state index in [4.69, 9.17) is 19.7 Å². The number of aliphatic hydroxyl groups excluding tert-OH is 2. The van der Waals surface area contributed by atoms with Crippen molar-refractivity contribution in [3.8, 4) is 0 Å². The van der Waals surface area contributed by atoms with Crippen LogP contribution >= 0.6 is 8.53 Å². The van der Waals surface area contributed by atoms with E-state index in [1.54, 1.807) is 0 Å². The number of aromatic amines is 1. The number of H-pyrrole nitrogens is 1. The van der Waals surface area contributed by atoms with Gasteiger partial charge in [0.1, 0.15) is 18.3 Å². The molecule has 0 amide bonds. The summed E-state index contributed by atoms with van der Waals surface area (Å²) >= 11 is 0. The number of nitrogens with one attached hydrogen (secondary N) is 1. The molecule has 0 spiro atoms. The maximum absolute atomic E-state index is 13.3. The molecule has 1 aliphatic rings. The van der Waals surface area contributed by atoms with Crippen molar-refractivity contribution in [2.75, 3.05) is 6.61 Å². The van der Waals surface area contributed by atoms with Crippen LogP contribution in [-0.2, 0) is 9.26 Å². The van der Waals surface area contributed by atoms with Gasteiger partial charge < -0.3 is 24.4 Å². The number of hydrogen-bond acceptors (Lipinski definition) is 9. The lowest BCUT2D eigenvalue weighted by molar-refractivity contribution is -0.0473. The Bertz CT molecular complexity index is 768. The summed E-state index contributed by atoms with van der Waals surface area (Å²) in [6, 6.07) is 0. The highest BCUT2D eigenvalue weighted by atomic mass is 31.2. The number of aliphatic hydroxyl groups is 2. The fourth-order valence-electron chi connectivity index (χ4n) is 2.33. The van der Waals surface area contributed by atoms with Gasteiger partial charge in [0.25, 0.3) is 11.6 Å². The van der Waals surface area contributed by atoms with E-state index in [1.165, 1.54) is 0 Å². The van der Waals surface area contributed by atoms with Crippen LogP contribution in [0.4, 0.5) is 4.39 Å². The molecule has 5 atom stereocenters. The lowest BCUT2D eigenvalue weighted by atomic mass is 10.1. The molecule has 1 aliphatic heterocycles. The van der Waals surface area contributed by atoms with Gasteiger partial charge in [-0.05, 0) is 0 Å². The Labute approximate surface area is 128 Å². The molecule has 3 heterocycles. The lowest BCUT2D eigenvalue weighted by Crippen LogP contribution is -2.33. The maximum atomic E-state index is 13.3. The second-order valence-corrected chi connectivity index (χ2v) is 5.69. The van der Waals surface area contributed by atoms with Crippen LogP contribution in [0.15, 0.2) is 11.1 Å². The van der Waals surface area contributed by atoms with Crippen molar-refractivity contribution in [2.24, 2.45) is 5.50 Å². The van der Waals surface area contributed by atoms with Gasteiger partial charge in [-0.2, -0.15) is 9.37 Å². The minimum absolute atomic E-state index is 0.141. The fraction of sp³-hybridized carbons (Fsp3) is 0.500. The highest BCUT2D eigenvalue weighted by molar-refractivity contribution is 7.43. The molecular weight excluding hydrogens is 336 g/mol. The Morgan fingerprint density at radius 3 is 2.96 bits per heavy atom. The van der Waals surface area contributed by atoms with Gasteiger partial charge in [-0.15, -0.1) is 0 Å². The summed E-state index contributed by atoms with van der Waals surface area (Å²) < 4.78 is 24.6. The molecule has 13 heteroatoms. The summed E-state index contributed by atoms with van der Waals surface area (Å²) in [6.45, 7) is -0.261. The van der Waals surface area contributed by atoms with E-state index >= 15 is 0 Å². The Balaban J connectivity index is 1.91. The molecule has 0 radical (unpaired) electrons. The molecule has 0 aromatic carbocycles. The van der Waals surface area contributed by atoms with Crippen molar-refractivity contribution < 1.29 is 28.8 Å². The number of nitrogens with zero attached hydrogens (tertiary/aromatic N) is 3. The normalized spacial score (nSPS) is 29.3. The average molecular weight is 349 g/mol. The molecule has 3 rings (SSSR count). The van der Waals surface area contributed by atoms with Gasteiger partial charge >= 0.3 is 0 Å². The topological polar surface area (TPSA) is 169 Å². The molecule has 11 nitrogen and oxygen atoms in total. The quantitative estimate of drug-likeness (QED) is 0.312. The van der Waals surface area contributed by atoms with Crippen molar-refractivity contribution in [1.82, 2.24) is 19.5 Å². The summed E-state index contributed by atoms with van der Waals surface area (Å²) in [4.78, 5) is 29.7. The van der Waals surface area contributed by atoms with Crippen molar-refractivity contribution in [3.63, 3.8) is 0 Å². The molecule has 1 fully saturated rings. The molecule has 6 N–H and O–H groups in total. The second kappa shape index (κ2) is 6.17. The van der Waals surface area contributed by atoms with E-state index in [1.807, 2.05) is 4.98 Å². The Kier molecular flexibility index (Phi) is 4.38. The molecule has 0 saturated carbocycles. The molecular formula is C10H13FN5O6P. The number of fused-ring (bicyclic) bond motifs is 1. The Morgan fingerprint density at radius 2 is 2.26 bits per heavy atom. The van der Waals surface area contributed by atoms with Crippen LogP contribution in [-0.4, -0.2) is 59.5 Å². The van der Waals surface area contributed by atoms with Gasteiger partial charge in [0, 0.05) is 0 Å². The van der Waals surface area contributed by atoms with Crippen LogP contribution < -0.4 is 11.1 Å². The minimum atomic E-state index is -2.15. The number of rotatable bonds is 4. The molecule has 126 valence electrons. The van der Waals surface area contributed by atoms with E-state index < -0.39 is 44.7 Å². The largest absolute Gasteiger partial charge is 0.387 e. The summed E-state index contributed by atoms with van der Waals surface area (Å²) in [5.41, 5.74) is 4.01. The van der Waals surface area contributed by atoms with E-state index in [0.29, 0.717) is 0 Å². The third kappa shape index (κ3) is 2.97. The predicted molar refractivity (Wildman–Crippen MR) is 73.3 cm³/mol. The summed E-state index contributed by atoms with van der Waals surface area (Å²) in [5.74, 6) is 0. The van der Waals surface area contributed by atoms with Gasteiger partial charge in [0.2, 0.25) is 8.53 Å². The first-order valence-electron chi connectivity index (χ1n) is 6.39. The van der Waals surface area contributed by atoms with Crippen LogP contribution in [0.1, 0.15) is 6.23 Å². The van der Waals surface area contributed by atoms with Crippen LogP contribution in [0, 0.1) is 6.08 Å². The number of hydrogen-bond donors (Lipinski definition) is 5. The average Bonchev–Trinajstić information content (AvgIpc) is 3.00. The highest BCUT2D eigenvalue weighted by Gasteiger charge is 2.44. The third-order valence-corrected chi connectivity index (χ3v) is 3.80. The maximum Gasteiger partial charge on any atom is 0.291 e. The van der Waals surface area contributed by atoms with E-state index in [2.05, 4.69) is 9.97 Å². The number of nitrogens with two attached hydrogens (primary N) is 1. The van der Waals surface area contributed by atoms with Crippen LogP contribution in [0.25, 0.3) is 11.2 Å². The van der Waals surface area contributed by atoms with E-state index in [9.17, 15) is 19.4 Å². The molecule has 0 aliphatic carbocycles. The molecule has 2 aromatic rings. The van der Waals surface area contributed by atoms with Gasteiger partial charge in [0.05, 0.1) is 12.9 Å². The van der Waals surface area contributed by atoms with Crippen LogP contribution in [0.5, 0.6) is 0 Å². The zero-order chi connectivity index (χ0) is 16.7. The number of halogens is 1. The Hall–Kier alpha value is -1.53. The fourth-order valence-corrected chi connectivity index (χ4v) is 2.63. The van der Waals surface area contributed by atoms with E-state index in [-0.39, 0.29) is 17.8 Å². The first-order valence-corrected chi connectivity index (χ1v) is 7.67. The monoisotopic (exact) mass is 349 g/mol. The van der Waals surface area contributed by atoms with Gasteiger partial charge in [-0.3, -0.25) is 19.8 Å². The second-order valence-electron chi connectivity index (χ2n) is 4.83. The van der Waals surface area contributed by atoms with Crippen LogP contribution in [0.3, 0.4) is 0 Å². The zero-order valence-corrected chi connectivity index (χ0v) is 12.3. The van der Waals surface area contributed by atoms with Crippen molar-refractivity contribution in [2.45, 2.75) is 24.5 Å². The molecule has 0 bridgehead atoms. The molecule has 2 aromatic heterocycles. The molecule has 23 heavy (non-hydrogen) atoms. The molecule has 1 saturated heterocycles. The number of ether oxygens (including phenoxy) is 1. The predicted octanol–water partition coefficient (Wildman–Crippen LogP) is -1.93. The van der Waals surface area contributed by atoms with Gasteiger partial charge in [-0.1, -0.05) is 0 Å².